The Kier molecular flexibility index (Phi) is 3.51. The smallest absolute Gasteiger partial charge is 0.162 e. The Bertz CT molecular complexity index is 692. The van der Waals surface area contributed by atoms with Gasteiger partial charge in [0.15, 0.2) is 5.15 Å². The summed E-state index contributed by atoms with van der Waals surface area (Å²) in [6.07, 6.45) is 1.93. The maximum atomic E-state index is 9.11. The van der Waals surface area contributed by atoms with Crippen molar-refractivity contribution in [2.45, 2.75) is 18.9 Å². The summed E-state index contributed by atoms with van der Waals surface area (Å²) in [6, 6.07) is 8.32. The van der Waals surface area contributed by atoms with E-state index in [0.717, 1.165) is 23.6 Å². The van der Waals surface area contributed by atoms with Crippen molar-refractivity contribution in [1.29, 1.82) is 5.26 Å². The highest BCUT2D eigenvalue weighted by molar-refractivity contribution is 7.10. The second-order valence-corrected chi connectivity index (χ2v) is 5.68. The molecule has 2 aromatic rings. The highest BCUT2D eigenvalue weighted by atomic mass is 35.5. The van der Waals surface area contributed by atoms with Gasteiger partial charge in [-0.2, -0.15) is 9.64 Å². The maximum Gasteiger partial charge on any atom is 0.162 e. The number of hydrogen-bond donors (Lipinski definition) is 1. The van der Waals surface area contributed by atoms with E-state index in [4.69, 9.17) is 21.6 Å². The molecular weight excluding hydrogens is 294 g/mol. The maximum absolute atomic E-state index is 9.11. The predicted molar refractivity (Wildman–Crippen MR) is 79.5 cm³/mol. The van der Waals surface area contributed by atoms with Gasteiger partial charge in [-0.05, 0) is 41.6 Å². The van der Waals surface area contributed by atoms with Gasteiger partial charge >= 0.3 is 0 Å². The fraction of sp³-hybridized carbons (Fsp3) is 0.286. The molecule has 0 fully saturated rings. The molecule has 1 aliphatic carbocycles. The predicted octanol–water partition coefficient (Wildman–Crippen LogP) is 3.78. The zero-order valence-electron chi connectivity index (χ0n) is 10.8. The average Bonchev–Trinajstić information content (AvgIpc) is 3.03. The highest BCUT2D eigenvalue weighted by Gasteiger charge is 2.26. The molecule has 0 bridgehead atoms. The number of benzene rings is 1. The SMILES string of the molecule is COc1cccc2c1CCC2Nc1snc(Cl)c1C#N. The molecule has 0 spiro atoms. The van der Waals surface area contributed by atoms with Crippen molar-refractivity contribution in [1.82, 2.24) is 4.37 Å². The molecule has 1 aromatic heterocycles. The minimum absolute atomic E-state index is 0.170. The standard InChI is InChI=1S/C14H12ClN3OS/c1-19-12-4-2-3-8-9(12)5-6-11(8)17-14-10(7-16)13(15)18-20-14/h2-4,11,17H,5-6H2,1H3. The lowest BCUT2D eigenvalue weighted by Gasteiger charge is -2.14. The third kappa shape index (κ3) is 2.11. The van der Waals surface area contributed by atoms with Crippen LogP contribution in [0.4, 0.5) is 5.00 Å². The van der Waals surface area contributed by atoms with Crippen LogP contribution in [0.5, 0.6) is 5.75 Å². The molecule has 0 radical (unpaired) electrons. The van der Waals surface area contributed by atoms with Crippen LogP contribution in [0, 0.1) is 11.3 Å². The summed E-state index contributed by atoms with van der Waals surface area (Å²) in [5.41, 5.74) is 2.88. The Balaban J connectivity index is 1.91. The topological polar surface area (TPSA) is 57.9 Å². The molecule has 3 rings (SSSR count). The van der Waals surface area contributed by atoms with Crippen molar-refractivity contribution in [2.75, 3.05) is 12.4 Å². The first-order valence-electron chi connectivity index (χ1n) is 6.22. The van der Waals surface area contributed by atoms with E-state index >= 15 is 0 Å². The van der Waals surface area contributed by atoms with Gasteiger partial charge in [-0.1, -0.05) is 23.7 Å². The van der Waals surface area contributed by atoms with Gasteiger partial charge in [0.2, 0.25) is 0 Å². The Labute approximate surface area is 126 Å². The molecule has 0 saturated carbocycles. The molecule has 1 unspecified atom stereocenters. The fourth-order valence-electron chi connectivity index (χ4n) is 2.59. The first kappa shape index (κ1) is 13.2. The number of fused-ring (bicyclic) bond motifs is 1. The molecule has 20 heavy (non-hydrogen) atoms. The molecule has 0 aliphatic heterocycles. The summed E-state index contributed by atoms with van der Waals surface area (Å²) >= 11 is 7.12. The van der Waals surface area contributed by atoms with E-state index in [1.54, 1.807) is 7.11 Å². The van der Waals surface area contributed by atoms with Gasteiger partial charge in [0, 0.05) is 0 Å². The number of hydrogen-bond acceptors (Lipinski definition) is 5. The summed E-state index contributed by atoms with van der Waals surface area (Å²) in [7, 11) is 1.69. The zero-order chi connectivity index (χ0) is 14.1. The van der Waals surface area contributed by atoms with Crippen LogP contribution in [-0.4, -0.2) is 11.5 Å². The van der Waals surface area contributed by atoms with Crippen molar-refractivity contribution >= 4 is 28.1 Å². The minimum Gasteiger partial charge on any atom is -0.496 e. The van der Waals surface area contributed by atoms with Crippen molar-refractivity contribution in [2.24, 2.45) is 0 Å². The lowest BCUT2D eigenvalue weighted by atomic mass is 10.1. The second-order valence-electron chi connectivity index (χ2n) is 4.55. The average molecular weight is 306 g/mol. The van der Waals surface area contributed by atoms with E-state index in [0.29, 0.717) is 5.56 Å². The van der Waals surface area contributed by atoms with Gasteiger partial charge in [-0.15, -0.1) is 0 Å². The first-order valence-corrected chi connectivity index (χ1v) is 7.37. The van der Waals surface area contributed by atoms with Crippen molar-refractivity contribution < 1.29 is 4.74 Å². The fourth-order valence-corrected chi connectivity index (χ4v) is 3.57. The van der Waals surface area contributed by atoms with Gasteiger partial charge in [-0.3, -0.25) is 0 Å². The lowest BCUT2D eigenvalue weighted by Crippen LogP contribution is -2.06. The van der Waals surface area contributed by atoms with Crippen LogP contribution in [0.3, 0.4) is 0 Å². The molecular formula is C14H12ClN3OS. The molecule has 0 saturated heterocycles. The monoisotopic (exact) mass is 305 g/mol. The largest absolute Gasteiger partial charge is 0.496 e. The number of aromatic nitrogens is 1. The van der Waals surface area contributed by atoms with E-state index in [-0.39, 0.29) is 11.2 Å². The summed E-state index contributed by atoms with van der Waals surface area (Å²) < 4.78 is 9.41. The molecule has 102 valence electrons. The molecule has 4 nitrogen and oxygen atoms in total. The molecule has 1 atom stereocenters. The van der Waals surface area contributed by atoms with Gasteiger partial charge in [0.1, 0.15) is 22.4 Å². The van der Waals surface area contributed by atoms with Gasteiger partial charge < -0.3 is 10.1 Å². The minimum atomic E-state index is 0.170. The van der Waals surface area contributed by atoms with Gasteiger partial charge in [0.25, 0.3) is 0 Å². The zero-order valence-corrected chi connectivity index (χ0v) is 12.4. The van der Waals surface area contributed by atoms with Crippen molar-refractivity contribution in [3.63, 3.8) is 0 Å². The van der Waals surface area contributed by atoms with Crippen LogP contribution in [0.1, 0.15) is 29.2 Å². The Morgan fingerprint density at radius 3 is 3.15 bits per heavy atom. The number of nitrogens with zero attached hydrogens (tertiary/aromatic N) is 2. The Hall–Kier alpha value is -1.77. The summed E-state index contributed by atoms with van der Waals surface area (Å²) in [5, 5.41) is 13.5. The Morgan fingerprint density at radius 2 is 2.40 bits per heavy atom. The van der Waals surface area contributed by atoms with Crippen molar-refractivity contribution in [3.8, 4) is 11.8 Å². The molecule has 6 heteroatoms. The van der Waals surface area contributed by atoms with Crippen LogP contribution in [-0.2, 0) is 6.42 Å². The van der Waals surface area contributed by atoms with E-state index in [1.807, 2.05) is 12.1 Å². The van der Waals surface area contributed by atoms with E-state index in [9.17, 15) is 0 Å². The lowest BCUT2D eigenvalue weighted by molar-refractivity contribution is 0.410. The summed E-state index contributed by atoms with van der Waals surface area (Å²) in [6.45, 7) is 0. The van der Waals surface area contributed by atoms with Crippen LogP contribution in [0.2, 0.25) is 5.15 Å². The summed E-state index contributed by atoms with van der Waals surface area (Å²) in [4.78, 5) is 0. The van der Waals surface area contributed by atoms with Crippen LogP contribution < -0.4 is 10.1 Å². The molecule has 1 N–H and O–H groups in total. The number of nitrogens with one attached hydrogen (secondary N) is 1. The van der Waals surface area contributed by atoms with Gasteiger partial charge in [-0.25, -0.2) is 0 Å². The number of nitriles is 1. The summed E-state index contributed by atoms with van der Waals surface area (Å²) in [5.74, 6) is 0.926. The van der Waals surface area contributed by atoms with Crippen molar-refractivity contribution in [3.05, 3.63) is 40.0 Å². The number of methoxy groups -OCH3 is 1. The van der Waals surface area contributed by atoms with Crippen LogP contribution >= 0.6 is 23.1 Å². The second kappa shape index (κ2) is 5.31. The van der Waals surface area contributed by atoms with E-state index in [2.05, 4.69) is 21.8 Å². The third-order valence-corrected chi connectivity index (χ3v) is 4.67. The van der Waals surface area contributed by atoms with E-state index in [1.165, 1.54) is 22.7 Å². The van der Waals surface area contributed by atoms with Gasteiger partial charge in [0.05, 0.1) is 13.2 Å². The number of ether oxygens (including phenoxy) is 1. The molecule has 0 amide bonds. The number of halogens is 1. The first-order chi connectivity index (χ1) is 9.74. The Morgan fingerprint density at radius 1 is 1.55 bits per heavy atom. The molecule has 1 aromatic carbocycles. The van der Waals surface area contributed by atoms with Crippen LogP contribution in [0.25, 0.3) is 0 Å². The highest BCUT2D eigenvalue weighted by Crippen LogP contribution is 2.40. The molecule has 1 aliphatic rings. The van der Waals surface area contributed by atoms with E-state index < -0.39 is 0 Å². The normalized spacial score (nSPS) is 16.6. The third-order valence-electron chi connectivity index (χ3n) is 3.52. The van der Waals surface area contributed by atoms with Crippen LogP contribution in [0.15, 0.2) is 18.2 Å². The molecule has 1 heterocycles. The number of anilines is 1. The quantitative estimate of drug-likeness (QED) is 0.937. The number of rotatable bonds is 3.